The van der Waals surface area contributed by atoms with Crippen LogP contribution in [0.25, 0.3) is 0 Å². The van der Waals surface area contributed by atoms with Crippen molar-refractivity contribution in [3.8, 4) is 5.75 Å². The van der Waals surface area contributed by atoms with E-state index in [4.69, 9.17) is 29.3 Å². The molecule has 0 saturated heterocycles. The number of halogens is 1. The third-order valence-electron chi connectivity index (χ3n) is 2.39. The highest BCUT2D eigenvalue weighted by Crippen LogP contribution is 2.15. The quantitative estimate of drug-likeness (QED) is 0.472. The van der Waals surface area contributed by atoms with Crippen LogP contribution in [0, 0.1) is 0 Å². The number of aliphatic carboxylic acids is 2. The van der Waals surface area contributed by atoms with Crippen molar-refractivity contribution in [1.29, 1.82) is 0 Å². The van der Waals surface area contributed by atoms with Crippen molar-refractivity contribution in [2.45, 2.75) is 26.3 Å². The summed E-state index contributed by atoms with van der Waals surface area (Å²) in [5, 5.41) is 18.1. The molecule has 3 N–H and O–H groups in total. The van der Waals surface area contributed by atoms with E-state index in [0.29, 0.717) is 19.8 Å². The first kappa shape index (κ1) is 22.4. The Morgan fingerprint density at radius 2 is 1.58 bits per heavy atom. The van der Waals surface area contributed by atoms with E-state index in [1.54, 1.807) is 0 Å². The highest BCUT2D eigenvalue weighted by Gasteiger charge is 2.07. The Kier molecular flexibility index (Phi) is 11.0. The standard InChI is InChI=1S/C14H22BrNO2.C2H2O4/c1-14(2,3)16-8-9-17-10-11-18-13-6-4-12(15)5-7-13;3-1(4)2(5)6/h4-7,16H,8-11H2,1-3H3;(H,3,4)(H,5,6). The Hall–Kier alpha value is -1.64. The average Bonchev–Trinajstić information content (AvgIpc) is 2.47. The van der Waals surface area contributed by atoms with Crippen molar-refractivity contribution in [3.63, 3.8) is 0 Å². The van der Waals surface area contributed by atoms with Gasteiger partial charge in [0.25, 0.3) is 0 Å². The Balaban J connectivity index is 0.000000754. The summed E-state index contributed by atoms with van der Waals surface area (Å²) >= 11 is 3.38. The molecule has 0 fully saturated rings. The van der Waals surface area contributed by atoms with Crippen molar-refractivity contribution in [2.24, 2.45) is 0 Å². The summed E-state index contributed by atoms with van der Waals surface area (Å²) in [6.07, 6.45) is 0. The number of rotatable bonds is 7. The number of carboxylic acid groups (broad SMARTS) is 2. The number of carboxylic acids is 2. The largest absolute Gasteiger partial charge is 0.491 e. The Bertz CT molecular complexity index is 486. The summed E-state index contributed by atoms with van der Waals surface area (Å²) < 4.78 is 12.1. The van der Waals surface area contributed by atoms with Gasteiger partial charge in [0.1, 0.15) is 12.4 Å². The molecule has 8 heteroatoms. The zero-order valence-electron chi connectivity index (χ0n) is 14.0. The molecule has 136 valence electrons. The van der Waals surface area contributed by atoms with Gasteiger partial charge in [-0.05, 0) is 45.0 Å². The van der Waals surface area contributed by atoms with Crippen molar-refractivity contribution in [1.82, 2.24) is 5.32 Å². The van der Waals surface area contributed by atoms with E-state index in [2.05, 4.69) is 42.0 Å². The molecular weight excluding hydrogens is 382 g/mol. The molecule has 0 aromatic heterocycles. The molecule has 0 aliphatic carbocycles. The molecule has 0 unspecified atom stereocenters. The predicted molar refractivity (Wildman–Crippen MR) is 93.5 cm³/mol. The van der Waals surface area contributed by atoms with E-state index in [1.165, 1.54) is 0 Å². The molecule has 1 aromatic carbocycles. The second-order valence-electron chi connectivity index (χ2n) is 5.70. The van der Waals surface area contributed by atoms with Crippen molar-refractivity contribution >= 4 is 27.9 Å². The van der Waals surface area contributed by atoms with Crippen LogP contribution in [-0.4, -0.2) is 54.1 Å². The van der Waals surface area contributed by atoms with Crippen LogP contribution < -0.4 is 10.1 Å². The van der Waals surface area contributed by atoms with Crippen LogP contribution in [0.2, 0.25) is 0 Å². The monoisotopic (exact) mass is 405 g/mol. The summed E-state index contributed by atoms with van der Waals surface area (Å²) in [6.45, 7) is 9.19. The second-order valence-corrected chi connectivity index (χ2v) is 6.62. The second kappa shape index (κ2) is 11.8. The van der Waals surface area contributed by atoms with E-state index in [1.807, 2.05) is 24.3 Å². The molecule has 0 heterocycles. The molecule has 0 spiro atoms. The summed E-state index contributed by atoms with van der Waals surface area (Å²) in [6, 6.07) is 7.80. The van der Waals surface area contributed by atoms with Crippen molar-refractivity contribution in [2.75, 3.05) is 26.4 Å². The van der Waals surface area contributed by atoms with Gasteiger partial charge in [-0.3, -0.25) is 0 Å². The number of benzene rings is 1. The van der Waals surface area contributed by atoms with Gasteiger partial charge in [-0.2, -0.15) is 0 Å². The number of nitrogens with one attached hydrogen (secondary N) is 1. The molecule has 1 rings (SSSR count). The normalized spacial score (nSPS) is 10.5. The van der Waals surface area contributed by atoms with Crippen LogP contribution in [0.5, 0.6) is 5.75 Å². The molecule has 0 aliphatic heterocycles. The number of hydrogen-bond acceptors (Lipinski definition) is 5. The summed E-state index contributed by atoms with van der Waals surface area (Å²) in [7, 11) is 0. The lowest BCUT2D eigenvalue weighted by atomic mass is 10.1. The lowest BCUT2D eigenvalue weighted by Gasteiger charge is -2.20. The van der Waals surface area contributed by atoms with E-state index in [-0.39, 0.29) is 5.54 Å². The molecule has 0 radical (unpaired) electrons. The minimum absolute atomic E-state index is 0.150. The molecule has 0 saturated carbocycles. The van der Waals surface area contributed by atoms with Crippen molar-refractivity contribution in [3.05, 3.63) is 28.7 Å². The van der Waals surface area contributed by atoms with Crippen LogP contribution in [0.4, 0.5) is 0 Å². The molecule has 24 heavy (non-hydrogen) atoms. The molecule has 0 atom stereocenters. The molecule has 1 aromatic rings. The van der Waals surface area contributed by atoms with E-state index >= 15 is 0 Å². The van der Waals surface area contributed by atoms with Crippen LogP contribution in [0.15, 0.2) is 28.7 Å². The maximum absolute atomic E-state index is 9.10. The fourth-order valence-electron chi connectivity index (χ4n) is 1.35. The average molecular weight is 406 g/mol. The highest BCUT2D eigenvalue weighted by atomic mass is 79.9. The van der Waals surface area contributed by atoms with Gasteiger partial charge >= 0.3 is 11.9 Å². The van der Waals surface area contributed by atoms with Gasteiger partial charge in [0.2, 0.25) is 0 Å². The summed E-state index contributed by atoms with van der Waals surface area (Å²) in [5.41, 5.74) is 0.150. The molecule has 0 bridgehead atoms. The van der Waals surface area contributed by atoms with Crippen LogP contribution in [-0.2, 0) is 14.3 Å². The topological polar surface area (TPSA) is 105 Å². The summed E-state index contributed by atoms with van der Waals surface area (Å²) in [4.78, 5) is 18.2. The maximum Gasteiger partial charge on any atom is 0.414 e. The number of carbonyl (C=O) groups is 2. The lowest BCUT2D eigenvalue weighted by molar-refractivity contribution is -0.159. The first-order chi connectivity index (χ1) is 11.1. The van der Waals surface area contributed by atoms with E-state index in [9.17, 15) is 0 Å². The Morgan fingerprint density at radius 3 is 2.04 bits per heavy atom. The lowest BCUT2D eigenvalue weighted by Crippen LogP contribution is -2.38. The predicted octanol–water partition coefficient (Wildman–Crippen LogP) is 2.39. The Morgan fingerprint density at radius 1 is 1.04 bits per heavy atom. The van der Waals surface area contributed by atoms with Gasteiger partial charge in [-0.15, -0.1) is 0 Å². The van der Waals surface area contributed by atoms with E-state index in [0.717, 1.165) is 16.8 Å². The van der Waals surface area contributed by atoms with Crippen LogP contribution in [0.1, 0.15) is 20.8 Å². The third kappa shape index (κ3) is 14.0. The van der Waals surface area contributed by atoms with Gasteiger partial charge in [0, 0.05) is 16.6 Å². The van der Waals surface area contributed by atoms with Gasteiger partial charge in [0.05, 0.1) is 13.2 Å². The number of ether oxygens (including phenoxy) is 2. The maximum atomic E-state index is 9.10. The first-order valence-electron chi connectivity index (χ1n) is 7.29. The fourth-order valence-corrected chi connectivity index (χ4v) is 1.61. The third-order valence-corrected chi connectivity index (χ3v) is 2.92. The van der Waals surface area contributed by atoms with Gasteiger partial charge < -0.3 is 25.0 Å². The van der Waals surface area contributed by atoms with Crippen molar-refractivity contribution < 1.29 is 29.3 Å². The Labute approximate surface area is 150 Å². The fraction of sp³-hybridized carbons (Fsp3) is 0.500. The SMILES string of the molecule is CC(C)(C)NCCOCCOc1ccc(Br)cc1.O=C(O)C(=O)O. The highest BCUT2D eigenvalue weighted by molar-refractivity contribution is 9.10. The smallest absolute Gasteiger partial charge is 0.414 e. The van der Waals surface area contributed by atoms with Gasteiger partial charge in [-0.25, -0.2) is 9.59 Å². The minimum atomic E-state index is -1.82. The van der Waals surface area contributed by atoms with Crippen LogP contribution in [0.3, 0.4) is 0 Å². The zero-order chi connectivity index (χ0) is 18.6. The minimum Gasteiger partial charge on any atom is -0.491 e. The molecule has 0 amide bonds. The van der Waals surface area contributed by atoms with Gasteiger partial charge in [0.15, 0.2) is 0 Å². The molecule has 7 nitrogen and oxygen atoms in total. The van der Waals surface area contributed by atoms with E-state index < -0.39 is 11.9 Å². The zero-order valence-corrected chi connectivity index (χ0v) is 15.6. The summed E-state index contributed by atoms with van der Waals surface area (Å²) in [5.74, 6) is -2.78. The molecule has 0 aliphatic rings. The molecular formula is C16H24BrNO6. The van der Waals surface area contributed by atoms with Crippen LogP contribution >= 0.6 is 15.9 Å². The number of hydrogen-bond donors (Lipinski definition) is 3. The van der Waals surface area contributed by atoms with Gasteiger partial charge in [-0.1, -0.05) is 15.9 Å². The first-order valence-corrected chi connectivity index (χ1v) is 8.08.